The third kappa shape index (κ3) is 3.65. The van der Waals surface area contributed by atoms with Gasteiger partial charge < -0.3 is 10.2 Å². The van der Waals surface area contributed by atoms with Crippen molar-refractivity contribution in [1.29, 1.82) is 0 Å². The average Bonchev–Trinajstić information content (AvgIpc) is 2.88. The molecule has 1 aromatic carbocycles. The van der Waals surface area contributed by atoms with E-state index in [0.717, 1.165) is 12.1 Å². The fourth-order valence-electron chi connectivity index (χ4n) is 2.71. The topological polar surface area (TPSA) is 52.7 Å². The number of carbonyl (C=O) groups is 2. The molecule has 0 radical (unpaired) electrons. The van der Waals surface area contributed by atoms with Crippen molar-refractivity contribution >= 4 is 17.5 Å². The zero-order valence-electron chi connectivity index (χ0n) is 13.8. The molecular formula is C17H25N3O2. The van der Waals surface area contributed by atoms with Crippen molar-refractivity contribution in [2.24, 2.45) is 0 Å². The van der Waals surface area contributed by atoms with Crippen molar-refractivity contribution in [3.05, 3.63) is 29.8 Å². The van der Waals surface area contributed by atoms with Crippen molar-refractivity contribution in [2.75, 3.05) is 25.0 Å². The van der Waals surface area contributed by atoms with Crippen molar-refractivity contribution in [1.82, 2.24) is 10.2 Å². The molecule has 1 aliphatic rings. The largest absolute Gasteiger partial charge is 0.353 e. The van der Waals surface area contributed by atoms with Crippen LogP contribution in [0.5, 0.6) is 0 Å². The summed E-state index contributed by atoms with van der Waals surface area (Å²) in [5.41, 5.74) is 2.21. The second kappa shape index (κ2) is 6.92. The zero-order chi connectivity index (χ0) is 16.3. The monoisotopic (exact) mass is 303 g/mol. The normalized spacial score (nSPS) is 15.1. The van der Waals surface area contributed by atoms with E-state index in [4.69, 9.17) is 0 Å². The Labute approximate surface area is 132 Å². The quantitative estimate of drug-likeness (QED) is 0.895. The number of para-hydroxylation sites is 1. The lowest BCUT2D eigenvalue weighted by Crippen LogP contribution is -2.49. The van der Waals surface area contributed by atoms with Crippen LogP contribution < -0.4 is 10.2 Å². The van der Waals surface area contributed by atoms with Gasteiger partial charge in [0, 0.05) is 18.3 Å². The molecule has 0 bridgehead atoms. The molecule has 0 spiro atoms. The Kier molecular flexibility index (Phi) is 5.19. The van der Waals surface area contributed by atoms with Crippen molar-refractivity contribution < 1.29 is 9.59 Å². The summed E-state index contributed by atoms with van der Waals surface area (Å²) in [5, 5.41) is 2.85. The van der Waals surface area contributed by atoms with Crippen LogP contribution in [-0.2, 0) is 16.0 Å². The number of fused-ring (bicyclic) bond motifs is 1. The lowest BCUT2D eigenvalue weighted by molar-refractivity contribution is -0.126. The molecule has 1 aliphatic heterocycles. The zero-order valence-corrected chi connectivity index (χ0v) is 13.8. The lowest BCUT2D eigenvalue weighted by Gasteiger charge is -2.28. The molecule has 1 heterocycles. The Hall–Kier alpha value is -1.88. The van der Waals surface area contributed by atoms with Crippen LogP contribution in [0.2, 0.25) is 0 Å². The SMILES string of the molecule is CC(C)NC(=O)CN(C)[C@H](C)C(=O)N1CCc2ccccc21. The highest BCUT2D eigenvalue weighted by Crippen LogP contribution is 2.28. The second-order valence-corrected chi connectivity index (χ2v) is 6.18. The first-order valence-electron chi connectivity index (χ1n) is 7.79. The Morgan fingerprint density at radius 3 is 2.64 bits per heavy atom. The summed E-state index contributed by atoms with van der Waals surface area (Å²) in [6, 6.07) is 7.78. The Morgan fingerprint density at radius 1 is 1.27 bits per heavy atom. The molecule has 0 saturated carbocycles. The molecule has 5 heteroatoms. The highest BCUT2D eigenvalue weighted by atomic mass is 16.2. The van der Waals surface area contributed by atoms with E-state index in [1.54, 1.807) is 4.90 Å². The van der Waals surface area contributed by atoms with Crippen LogP contribution in [0.15, 0.2) is 24.3 Å². The summed E-state index contributed by atoms with van der Waals surface area (Å²) in [5.74, 6) is -0.0104. The van der Waals surface area contributed by atoms with E-state index in [1.807, 2.05) is 50.9 Å². The van der Waals surface area contributed by atoms with E-state index >= 15 is 0 Å². The van der Waals surface area contributed by atoms with E-state index in [1.165, 1.54) is 5.56 Å². The van der Waals surface area contributed by atoms with Gasteiger partial charge in [0.15, 0.2) is 0 Å². The minimum Gasteiger partial charge on any atom is -0.353 e. The van der Waals surface area contributed by atoms with Crippen molar-refractivity contribution in [3.63, 3.8) is 0 Å². The van der Waals surface area contributed by atoms with Gasteiger partial charge in [-0.2, -0.15) is 0 Å². The Morgan fingerprint density at radius 2 is 1.95 bits per heavy atom. The van der Waals surface area contributed by atoms with Crippen LogP contribution in [0.1, 0.15) is 26.3 Å². The van der Waals surface area contributed by atoms with E-state index < -0.39 is 0 Å². The van der Waals surface area contributed by atoms with Gasteiger partial charge in [-0.05, 0) is 45.9 Å². The average molecular weight is 303 g/mol. The molecule has 0 unspecified atom stereocenters. The number of likely N-dealkylation sites (N-methyl/N-ethyl adjacent to an activating group) is 1. The van der Waals surface area contributed by atoms with Gasteiger partial charge in [-0.25, -0.2) is 0 Å². The predicted octanol–water partition coefficient (Wildman–Crippen LogP) is 1.42. The molecule has 2 rings (SSSR count). The molecular weight excluding hydrogens is 278 g/mol. The predicted molar refractivity (Wildman–Crippen MR) is 87.9 cm³/mol. The molecule has 0 aromatic heterocycles. The number of benzene rings is 1. The maximum Gasteiger partial charge on any atom is 0.244 e. The molecule has 0 fully saturated rings. The number of nitrogens with one attached hydrogen (secondary N) is 1. The number of carbonyl (C=O) groups excluding carboxylic acids is 2. The molecule has 1 aromatic rings. The maximum atomic E-state index is 12.7. The third-order valence-electron chi connectivity index (χ3n) is 4.01. The van der Waals surface area contributed by atoms with E-state index in [-0.39, 0.29) is 30.4 Å². The summed E-state index contributed by atoms with van der Waals surface area (Å²) < 4.78 is 0. The minimum absolute atomic E-state index is 0.0461. The van der Waals surface area contributed by atoms with Crippen molar-refractivity contribution in [3.8, 4) is 0 Å². The van der Waals surface area contributed by atoms with Crippen LogP contribution in [0.3, 0.4) is 0 Å². The number of anilines is 1. The second-order valence-electron chi connectivity index (χ2n) is 6.18. The molecule has 2 amide bonds. The fraction of sp³-hybridized carbons (Fsp3) is 0.529. The Balaban J connectivity index is 1.99. The summed E-state index contributed by atoms with van der Waals surface area (Å²) in [6.45, 7) is 6.64. The molecule has 5 nitrogen and oxygen atoms in total. The van der Waals surface area contributed by atoms with Gasteiger partial charge in [0.25, 0.3) is 0 Å². The summed E-state index contributed by atoms with van der Waals surface area (Å²) in [7, 11) is 1.81. The number of amides is 2. The van der Waals surface area contributed by atoms with Crippen molar-refractivity contribution in [2.45, 2.75) is 39.3 Å². The first kappa shape index (κ1) is 16.5. The van der Waals surface area contributed by atoms with Crippen LogP contribution in [-0.4, -0.2) is 48.9 Å². The smallest absolute Gasteiger partial charge is 0.244 e. The minimum atomic E-state index is -0.330. The summed E-state index contributed by atoms with van der Waals surface area (Å²) in [4.78, 5) is 28.2. The fourth-order valence-corrected chi connectivity index (χ4v) is 2.71. The van der Waals surface area contributed by atoms with Gasteiger partial charge in [-0.15, -0.1) is 0 Å². The maximum absolute atomic E-state index is 12.7. The number of hydrogen-bond acceptors (Lipinski definition) is 3. The van der Waals surface area contributed by atoms with Gasteiger partial charge in [-0.1, -0.05) is 18.2 Å². The van der Waals surface area contributed by atoms with E-state index in [0.29, 0.717) is 6.54 Å². The van der Waals surface area contributed by atoms with Gasteiger partial charge in [0.2, 0.25) is 11.8 Å². The summed E-state index contributed by atoms with van der Waals surface area (Å²) >= 11 is 0. The standard InChI is InChI=1S/C17H25N3O2/c1-12(2)18-16(21)11-19(4)13(3)17(22)20-10-9-14-7-5-6-8-15(14)20/h5-8,12-13H,9-11H2,1-4H3,(H,18,21)/t13-/m1/s1. The van der Waals surface area contributed by atoms with Crippen LogP contribution in [0, 0.1) is 0 Å². The summed E-state index contributed by atoms with van der Waals surface area (Å²) in [6.07, 6.45) is 0.895. The molecule has 120 valence electrons. The van der Waals surface area contributed by atoms with E-state index in [2.05, 4.69) is 11.4 Å². The highest BCUT2D eigenvalue weighted by Gasteiger charge is 2.30. The van der Waals surface area contributed by atoms with Gasteiger partial charge in [0.05, 0.1) is 12.6 Å². The highest BCUT2D eigenvalue weighted by molar-refractivity contribution is 5.99. The molecule has 1 atom stereocenters. The van der Waals surface area contributed by atoms with Gasteiger partial charge in [-0.3, -0.25) is 14.5 Å². The third-order valence-corrected chi connectivity index (χ3v) is 4.01. The van der Waals surface area contributed by atoms with Crippen LogP contribution in [0.4, 0.5) is 5.69 Å². The molecule has 1 N–H and O–H groups in total. The van der Waals surface area contributed by atoms with E-state index in [9.17, 15) is 9.59 Å². The lowest BCUT2D eigenvalue weighted by atomic mass is 10.2. The number of hydrogen-bond donors (Lipinski definition) is 1. The first-order chi connectivity index (χ1) is 10.4. The number of nitrogens with zero attached hydrogens (tertiary/aromatic N) is 2. The number of rotatable bonds is 5. The van der Waals surface area contributed by atoms with Crippen LogP contribution in [0.25, 0.3) is 0 Å². The van der Waals surface area contributed by atoms with Gasteiger partial charge in [0.1, 0.15) is 0 Å². The molecule has 0 saturated heterocycles. The first-order valence-corrected chi connectivity index (χ1v) is 7.79. The van der Waals surface area contributed by atoms with Gasteiger partial charge >= 0.3 is 0 Å². The molecule has 0 aliphatic carbocycles. The molecule has 22 heavy (non-hydrogen) atoms. The van der Waals surface area contributed by atoms with Crippen LogP contribution >= 0.6 is 0 Å². The Bertz CT molecular complexity index is 557.